The molecule has 0 aliphatic heterocycles. The zero-order chi connectivity index (χ0) is 25.2. The van der Waals surface area contributed by atoms with Gasteiger partial charge in [-0.05, 0) is 78.8 Å². The number of carboxylic acid groups (broad SMARTS) is 1. The molecule has 5 heteroatoms. The highest BCUT2D eigenvalue weighted by Crippen LogP contribution is 2.26. The fraction of sp³-hybridized carbons (Fsp3) is 0.194. The lowest BCUT2D eigenvalue weighted by atomic mass is 9.99. The average Bonchev–Trinajstić information content (AvgIpc) is 2.92. The number of para-hydroxylation sites is 1. The summed E-state index contributed by atoms with van der Waals surface area (Å²) >= 11 is 0. The van der Waals surface area contributed by atoms with E-state index in [0.717, 1.165) is 41.8 Å². The molecule has 0 heterocycles. The maximum atomic E-state index is 11.1. The van der Waals surface area contributed by atoms with E-state index in [0.29, 0.717) is 12.2 Å². The van der Waals surface area contributed by atoms with E-state index in [-0.39, 0.29) is 6.04 Å². The zero-order valence-electron chi connectivity index (χ0n) is 20.5. The number of carboxylic acids is 1. The monoisotopic (exact) mass is 480 g/mol. The van der Waals surface area contributed by atoms with Crippen LogP contribution < -0.4 is 15.6 Å². The zero-order valence-corrected chi connectivity index (χ0v) is 20.5. The van der Waals surface area contributed by atoms with Gasteiger partial charge in [-0.25, -0.2) is 10.2 Å². The van der Waals surface area contributed by atoms with Gasteiger partial charge < -0.3 is 15.3 Å². The van der Waals surface area contributed by atoms with E-state index < -0.39 is 5.97 Å². The number of carbonyl (C=O) groups is 1. The molecule has 1 unspecified atom stereocenters. The predicted octanol–water partition coefficient (Wildman–Crippen LogP) is 6.82. The minimum atomic E-state index is -0.900. The van der Waals surface area contributed by atoms with Crippen LogP contribution in [0.5, 0.6) is 5.75 Å². The van der Waals surface area contributed by atoms with Crippen LogP contribution in [0.3, 0.4) is 0 Å². The summed E-state index contributed by atoms with van der Waals surface area (Å²) in [4.78, 5) is 11.1. The van der Waals surface area contributed by atoms with Gasteiger partial charge in [0, 0.05) is 11.7 Å². The quantitative estimate of drug-likeness (QED) is 0.194. The molecular formula is C31H32N2O3. The second-order valence-corrected chi connectivity index (χ2v) is 8.85. The molecule has 4 rings (SSSR count). The summed E-state index contributed by atoms with van der Waals surface area (Å²) in [6.07, 6.45) is 2.66. The molecule has 4 aromatic rings. The molecule has 0 amide bonds. The van der Waals surface area contributed by atoms with Crippen LogP contribution in [-0.2, 0) is 19.4 Å². The normalized spacial score (nSPS) is 11.6. The topological polar surface area (TPSA) is 70.6 Å². The summed E-state index contributed by atoms with van der Waals surface area (Å²) < 4.78 is 6.23. The first kappa shape index (κ1) is 25.0. The minimum absolute atomic E-state index is 0.0932. The summed E-state index contributed by atoms with van der Waals surface area (Å²) in [5.74, 6) is -0.00454. The molecule has 3 N–H and O–H groups in total. The first-order valence-corrected chi connectivity index (χ1v) is 12.3. The van der Waals surface area contributed by atoms with Gasteiger partial charge >= 0.3 is 5.97 Å². The minimum Gasteiger partial charge on any atom is -0.489 e. The fourth-order valence-corrected chi connectivity index (χ4v) is 4.03. The SMILES string of the molecule is CC(NNc1ccccc1)c1ccc(OCc2ccccc2)c(CCCc2ccc(C(=O)O)cc2)c1. The third kappa shape index (κ3) is 7.20. The molecule has 0 saturated heterocycles. The fourth-order valence-electron chi connectivity index (χ4n) is 4.03. The molecule has 0 radical (unpaired) electrons. The first-order chi connectivity index (χ1) is 17.6. The molecule has 5 nitrogen and oxygen atoms in total. The number of ether oxygens (including phenoxy) is 1. The molecular weight excluding hydrogens is 448 g/mol. The standard InChI is InChI=1S/C31H32N2O3/c1-23(32-33-29-13-6-3-7-14-29)27-19-20-30(36-22-25-9-4-2-5-10-25)28(21-27)12-8-11-24-15-17-26(18-16-24)31(34)35/h2-7,9-10,13-21,23,32-33H,8,11-12,22H2,1H3,(H,34,35). The molecule has 0 bridgehead atoms. The van der Waals surface area contributed by atoms with Gasteiger partial charge in [0.05, 0.1) is 5.56 Å². The number of rotatable bonds is 12. The molecule has 1 atom stereocenters. The van der Waals surface area contributed by atoms with Crippen molar-refractivity contribution < 1.29 is 14.6 Å². The van der Waals surface area contributed by atoms with Crippen molar-refractivity contribution >= 4 is 11.7 Å². The van der Waals surface area contributed by atoms with Crippen LogP contribution >= 0.6 is 0 Å². The molecule has 0 fully saturated rings. The molecule has 184 valence electrons. The number of hydrazine groups is 1. The number of anilines is 1. The second-order valence-electron chi connectivity index (χ2n) is 8.85. The van der Waals surface area contributed by atoms with Gasteiger partial charge in [0.15, 0.2) is 0 Å². The lowest BCUT2D eigenvalue weighted by molar-refractivity contribution is 0.0697. The van der Waals surface area contributed by atoms with Crippen molar-refractivity contribution in [3.05, 3.63) is 131 Å². The Hall–Kier alpha value is -4.09. The Morgan fingerprint density at radius 2 is 1.53 bits per heavy atom. The maximum absolute atomic E-state index is 11.1. The molecule has 0 aromatic heterocycles. The molecule has 36 heavy (non-hydrogen) atoms. The maximum Gasteiger partial charge on any atom is 0.335 e. The third-order valence-electron chi connectivity index (χ3n) is 6.14. The summed E-state index contributed by atoms with van der Waals surface area (Å²) in [6.45, 7) is 2.65. The predicted molar refractivity (Wildman–Crippen MR) is 144 cm³/mol. The van der Waals surface area contributed by atoms with E-state index in [2.05, 4.69) is 48.1 Å². The molecule has 0 aliphatic carbocycles. The van der Waals surface area contributed by atoms with Crippen LogP contribution in [0.2, 0.25) is 0 Å². The number of nitrogens with one attached hydrogen (secondary N) is 2. The van der Waals surface area contributed by atoms with E-state index in [9.17, 15) is 4.79 Å². The summed E-state index contributed by atoms with van der Waals surface area (Å²) in [5, 5.41) is 9.11. The largest absolute Gasteiger partial charge is 0.489 e. The van der Waals surface area contributed by atoms with E-state index in [1.54, 1.807) is 12.1 Å². The number of hydrogen-bond acceptors (Lipinski definition) is 4. The van der Waals surface area contributed by atoms with Gasteiger partial charge in [-0.1, -0.05) is 72.8 Å². The summed E-state index contributed by atoms with van der Waals surface area (Å²) in [5.41, 5.74) is 12.6. The highest BCUT2D eigenvalue weighted by Gasteiger charge is 2.11. The van der Waals surface area contributed by atoms with Crippen molar-refractivity contribution in [1.29, 1.82) is 0 Å². The van der Waals surface area contributed by atoms with E-state index >= 15 is 0 Å². The number of hydrogen-bond donors (Lipinski definition) is 3. The first-order valence-electron chi connectivity index (χ1n) is 12.3. The van der Waals surface area contributed by atoms with Crippen LogP contribution in [0.15, 0.2) is 103 Å². The highest BCUT2D eigenvalue weighted by atomic mass is 16.5. The number of aryl methyl sites for hydroxylation is 2. The number of aromatic carboxylic acids is 1. The van der Waals surface area contributed by atoms with Crippen LogP contribution in [0, 0.1) is 0 Å². The van der Waals surface area contributed by atoms with E-state index in [1.165, 1.54) is 11.1 Å². The average molecular weight is 481 g/mol. The molecule has 0 saturated carbocycles. The van der Waals surface area contributed by atoms with Gasteiger partial charge in [-0.15, -0.1) is 0 Å². The lowest BCUT2D eigenvalue weighted by Gasteiger charge is -2.19. The van der Waals surface area contributed by atoms with Crippen molar-refractivity contribution in [2.75, 3.05) is 5.43 Å². The van der Waals surface area contributed by atoms with Gasteiger partial charge in [-0.2, -0.15) is 0 Å². The molecule has 0 aliphatic rings. The van der Waals surface area contributed by atoms with Crippen molar-refractivity contribution in [1.82, 2.24) is 5.43 Å². The van der Waals surface area contributed by atoms with Gasteiger partial charge in [0.25, 0.3) is 0 Å². The third-order valence-corrected chi connectivity index (χ3v) is 6.14. The summed E-state index contributed by atoms with van der Waals surface area (Å²) in [6, 6.07) is 33.8. The van der Waals surface area contributed by atoms with Crippen LogP contribution in [0.25, 0.3) is 0 Å². The van der Waals surface area contributed by atoms with E-state index in [4.69, 9.17) is 9.84 Å². The Kier molecular flexibility index (Phi) is 8.73. The van der Waals surface area contributed by atoms with Crippen molar-refractivity contribution in [3.63, 3.8) is 0 Å². The smallest absolute Gasteiger partial charge is 0.335 e. The van der Waals surface area contributed by atoms with Gasteiger partial charge in [0.2, 0.25) is 0 Å². The van der Waals surface area contributed by atoms with Gasteiger partial charge in [-0.3, -0.25) is 0 Å². The number of benzene rings is 4. The molecule has 4 aromatic carbocycles. The highest BCUT2D eigenvalue weighted by molar-refractivity contribution is 5.87. The molecule has 0 spiro atoms. The Morgan fingerprint density at radius 1 is 0.833 bits per heavy atom. The van der Waals surface area contributed by atoms with Crippen molar-refractivity contribution in [2.45, 2.75) is 38.8 Å². The summed E-state index contributed by atoms with van der Waals surface area (Å²) in [7, 11) is 0. The van der Waals surface area contributed by atoms with Crippen molar-refractivity contribution in [3.8, 4) is 5.75 Å². The Balaban J connectivity index is 1.44. The Morgan fingerprint density at radius 3 is 2.22 bits per heavy atom. The van der Waals surface area contributed by atoms with Crippen LogP contribution in [0.1, 0.15) is 52.0 Å². The Labute approximate surface area is 212 Å². The Bertz CT molecular complexity index is 1240. The van der Waals surface area contributed by atoms with Crippen molar-refractivity contribution in [2.24, 2.45) is 0 Å². The van der Waals surface area contributed by atoms with Crippen LogP contribution in [0.4, 0.5) is 5.69 Å². The van der Waals surface area contributed by atoms with Crippen LogP contribution in [-0.4, -0.2) is 11.1 Å². The van der Waals surface area contributed by atoms with Gasteiger partial charge in [0.1, 0.15) is 12.4 Å². The second kappa shape index (κ2) is 12.6. The lowest BCUT2D eigenvalue weighted by Crippen LogP contribution is -2.25. The van der Waals surface area contributed by atoms with E-state index in [1.807, 2.05) is 60.7 Å².